The van der Waals surface area contributed by atoms with Crippen LogP contribution in [0.3, 0.4) is 0 Å². The van der Waals surface area contributed by atoms with Crippen LogP contribution in [0.4, 0.5) is 5.69 Å². The largest absolute Gasteiger partial charge is 0.325 e. The second-order valence-electron chi connectivity index (χ2n) is 5.17. The molecule has 0 unspecified atom stereocenters. The molecule has 0 fully saturated rings. The van der Waals surface area contributed by atoms with Crippen molar-refractivity contribution < 1.29 is 4.79 Å². The Morgan fingerprint density at radius 3 is 2.64 bits per heavy atom. The Bertz CT molecular complexity index is 673. The summed E-state index contributed by atoms with van der Waals surface area (Å²) in [5.41, 5.74) is 2.71. The SMILES string of the molecule is Cc1ccc(NC(=O)CN[C@@H](C)c2cccc(Cl)c2)cc1Cl. The Morgan fingerprint density at radius 1 is 1.18 bits per heavy atom. The topological polar surface area (TPSA) is 41.1 Å². The highest BCUT2D eigenvalue weighted by Gasteiger charge is 2.09. The highest BCUT2D eigenvalue weighted by atomic mass is 35.5. The number of halogens is 2. The highest BCUT2D eigenvalue weighted by Crippen LogP contribution is 2.20. The van der Waals surface area contributed by atoms with Crippen LogP contribution in [0.2, 0.25) is 10.0 Å². The number of carbonyl (C=O) groups is 1. The van der Waals surface area contributed by atoms with Crippen molar-refractivity contribution in [2.24, 2.45) is 0 Å². The smallest absolute Gasteiger partial charge is 0.238 e. The van der Waals surface area contributed by atoms with Gasteiger partial charge in [0.1, 0.15) is 0 Å². The average Bonchev–Trinajstić information content (AvgIpc) is 2.48. The molecule has 1 atom stereocenters. The first-order valence-corrected chi connectivity index (χ1v) is 7.76. The maximum atomic E-state index is 12.0. The summed E-state index contributed by atoms with van der Waals surface area (Å²) in [7, 11) is 0. The zero-order chi connectivity index (χ0) is 16.1. The van der Waals surface area contributed by atoms with Gasteiger partial charge in [-0.25, -0.2) is 0 Å². The van der Waals surface area contributed by atoms with Gasteiger partial charge in [0.05, 0.1) is 6.54 Å². The van der Waals surface area contributed by atoms with Gasteiger partial charge in [-0.1, -0.05) is 41.4 Å². The number of nitrogens with one attached hydrogen (secondary N) is 2. The molecule has 1 amide bonds. The van der Waals surface area contributed by atoms with E-state index in [1.807, 2.05) is 50.2 Å². The Labute approximate surface area is 140 Å². The number of rotatable bonds is 5. The Hall–Kier alpha value is -1.55. The van der Waals surface area contributed by atoms with Crippen LogP contribution in [-0.2, 0) is 4.79 Å². The maximum absolute atomic E-state index is 12.0. The van der Waals surface area contributed by atoms with Gasteiger partial charge in [-0.2, -0.15) is 0 Å². The van der Waals surface area contributed by atoms with Crippen molar-refractivity contribution >= 4 is 34.8 Å². The van der Waals surface area contributed by atoms with E-state index in [2.05, 4.69) is 10.6 Å². The minimum absolute atomic E-state index is 0.0334. The average molecular weight is 337 g/mol. The Kier molecular flexibility index (Phi) is 5.83. The van der Waals surface area contributed by atoms with E-state index in [0.29, 0.717) is 15.7 Å². The van der Waals surface area contributed by atoms with Gasteiger partial charge in [-0.15, -0.1) is 0 Å². The van der Waals surface area contributed by atoms with Gasteiger partial charge >= 0.3 is 0 Å². The molecule has 5 heteroatoms. The molecule has 0 bridgehead atoms. The summed E-state index contributed by atoms with van der Waals surface area (Å²) in [6, 6.07) is 13.1. The quantitative estimate of drug-likeness (QED) is 0.838. The lowest BCUT2D eigenvalue weighted by Crippen LogP contribution is -2.30. The lowest BCUT2D eigenvalue weighted by atomic mass is 10.1. The lowest BCUT2D eigenvalue weighted by Gasteiger charge is -2.14. The van der Waals surface area contributed by atoms with Gasteiger partial charge in [0.15, 0.2) is 0 Å². The first kappa shape index (κ1) is 16.8. The normalized spacial score (nSPS) is 12.0. The van der Waals surface area contributed by atoms with Crippen molar-refractivity contribution in [3.63, 3.8) is 0 Å². The fraction of sp³-hybridized carbons (Fsp3) is 0.235. The fourth-order valence-corrected chi connectivity index (χ4v) is 2.39. The van der Waals surface area contributed by atoms with Crippen LogP contribution in [0.1, 0.15) is 24.1 Å². The molecule has 2 aromatic rings. The summed E-state index contributed by atoms with van der Waals surface area (Å²) in [6.45, 7) is 4.11. The third kappa shape index (κ3) is 4.73. The molecule has 0 saturated heterocycles. The standard InChI is InChI=1S/C17H18Cl2N2O/c1-11-6-7-15(9-16(11)19)21-17(22)10-20-12(2)13-4-3-5-14(18)8-13/h3-9,12,20H,10H2,1-2H3,(H,21,22)/t12-/m0/s1. The number of anilines is 1. The van der Waals surface area contributed by atoms with E-state index in [1.54, 1.807) is 6.07 Å². The molecule has 0 aliphatic carbocycles. The zero-order valence-electron chi connectivity index (χ0n) is 12.5. The van der Waals surface area contributed by atoms with Gasteiger partial charge in [0.25, 0.3) is 0 Å². The van der Waals surface area contributed by atoms with Crippen LogP contribution >= 0.6 is 23.2 Å². The number of aryl methyl sites for hydroxylation is 1. The summed E-state index contributed by atoms with van der Waals surface area (Å²) >= 11 is 12.0. The van der Waals surface area contributed by atoms with Gasteiger partial charge in [-0.05, 0) is 49.2 Å². The first-order valence-electron chi connectivity index (χ1n) is 7.00. The fourth-order valence-electron chi connectivity index (χ4n) is 2.02. The third-order valence-corrected chi connectivity index (χ3v) is 4.02. The molecule has 3 nitrogen and oxygen atoms in total. The number of benzene rings is 2. The molecule has 0 aliphatic rings. The second kappa shape index (κ2) is 7.63. The third-order valence-electron chi connectivity index (χ3n) is 3.37. The lowest BCUT2D eigenvalue weighted by molar-refractivity contribution is -0.115. The van der Waals surface area contributed by atoms with E-state index in [1.165, 1.54) is 0 Å². The first-order chi connectivity index (χ1) is 10.5. The van der Waals surface area contributed by atoms with E-state index >= 15 is 0 Å². The highest BCUT2D eigenvalue weighted by molar-refractivity contribution is 6.31. The molecular formula is C17H18Cl2N2O. The molecule has 116 valence electrons. The molecule has 22 heavy (non-hydrogen) atoms. The molecule has 2 rings (SSSR count). The Morgan fingerprint density at radius 2 is 1.95 bits per heavy atom. The van der Waals surface area contributed by atoms with E-state index in [0.717, 1.165) is 11.1 Å². The van der Waals surface area contributed by atoms with Crippen LogP contribution in [0.15, 0.2) is 42.5 Å². The summed E-state index contributed by atoms with van der Waals surface area (Å²) in [5, 5.41) is 7.31. The molecule has 2 aromatic carbocycles. The Balaban J connectivity index is 1.88. The molecule has 0 saturated carbocycles. The summed E-state index contributed by atoms with van der Waals surface area (Å²) in [5.74, 6) is -0.117. The molecule has 0 aromatic heterocycles. The van der Waals surface area contributed by atoms with E-state index in [-0.39, 0.29) is 18.5 Å². The number of hydrogen-bond donors (Lipinski definition) is 2. The van der Waals surface area contributed by atoms with Gasteiger partial charge in [0, 0.05) is 21.8 Å². The summed E-state index contributed by atoms with van der Waals surface area (Å²) in [6.07, 6.45) is 0. The van der Waals surface area contributed by atoms with Gasteiger partial charge in [0.2, 0.25) is 5.91 Å². The predicted octanol–water partition coefficient (Wildman–Crippen LogP) is 4.59. The molecule has 0 radical (unpaired) electrons. The van der Waals surface area contributed by atoms with E-state index in [4.69, 9.17) is 23.2 Å². The summed E-state index contributed by atoms with van der Waals surface area (Å²) < 4.78 is 0. The monoisotopic (exact) mass is 336 g/mol. The van der Waals surface area contributed by atoms with Gasteiger partial charge in [-0.3, -0.25) is 4.79 Å². The molecule has 2 N–H and O–H groups in total. The molecular weight excluding hydrogens is 319 g/mol. The zero-order valence-corrected chi connectivity index (χ0v) is 14.0. The van der Waals surface area contributed by atoms with Crippen LogP contribution in [0, 0.1) is 6.92 Å². The van der Waals surface area contributed by atoms with Crippen LogP contribution in [0.5, 0.6) is 0 Å². The van der Waals surface area contributed by atoms with Crippen LogP contribution < -0.4 is 10.6 Å². The van der Waals surface area contributed by atoms with Crippen molar-refractivity contribution in [3.05, 3.63) is 63.6 Å². The van der Waals surface area contributed by atoms with Crippen molar-refractivity contribution in [2.45, 2.75) is 19.9 Å². The number of carbonyl (C=O) groups excluding carboxylic acids is 1. The van der Waals surface area contributed by atoms with Crippen molar-refractivity contribution in [2.75, 3.05) is 11.9 Å². The van der Waals surface area contributed by atoms with Gasteiger partial charge < -0.3 is 10.6 Å². The van der Waals surface area contributed by atoms with Crippen LogP contribution in [0.25, 0.3) is 0 Å². The van der Waals surface area contributed by atoms with E-state index in [9.17, 15) is 4.79 Å². The number of hydrogen-bond acceptors (Lipinski definition) is 2. The van der Waals surface area contributed by atoms with E-state index < -0.39 is 0 Å². The minimum Gasteiger partial charge on any atom is -0.325 e. The molecule has 0 heterocycles. The predicted molar refractivity (Wildman–Crippen MR) is 92.7 cm³/mol. The minimum atomic E-state index is -0.117. The second-order valence-corrected chi connectivity index (χ2v) is 6.01. The van der Waals surface area contributed by atoms with Crippen LogP contribution in [-0.4, -0.2) is 12.5 Å². The van der Waals surface area contributed by atoms with Crippen molar-refractivity contribution in [1.29, 1.82) is 0 Å². The van der Waals surface area contributed by atoms with Crippen molar-refractivity contribution in [1.82, 2.24) is 5.32 Å². The summed E-state index contributed by atoms with van der Waals surface area (Å²) in [4.78, 5) is 12.0. The number of amides is 1. The molecule has 0 spiro atoms. The van der Waals surface area contributed by atoms with Crippen molar-refractivity contribution in [3.8, 4) is 0 Å². The maximum Gasteiger partial charge on any atom is 0.238 e. The molecule has 0 aliphatic heterocycles.